The lowest BCUT2D eigenvalue weighted by atomic mass is 10.1. The Morgan fingerprint density at radius 3 is 2.79 bits per heavy atom. The number of likely N-dealkylation sites (N-methyl/N-ethyl adjacent to an activating group) is 1. The van der Waals surface area contributed by atoms with Gasteiger partial charge in [-0.05, 0) is 32.9 Å². The van der Waals surface area contributed by atoms with E-state index in [1.54, 1.807) is 0 Å². The first-order valence-corrected chi connectivity index (χ1v) is 5.89. The first-order valence-electron chi connectivity index (χ1n) is 5.89. The van der Waals surface area contributed by atoms with E-state index in [4.69, 9.17) is 4.74 Å². The summed E-state index contributed by atoms with van der Waals surface area (Å²) in [5.41, 5.74) is 0. The maximum Gasteiger partial charge on any atom is 0.0622 e. The summed E-state index contributed by atoms with van der Waals surface area (Å²) < 4.78 is 5.47. The van der Waals surface area contributed by atoms with E-state index in [0.29, 0.717) is 12.1 Å². The van der Waals surface area contributed by atoms with Crippen LogP contribution in [0.5, 0.6) is 0 Å². The van der Waals surface area contributed by atoms with Gasteiger partial charge in [0.25, 0.3) is 0 Å². The van der Waals surface area contributed by atoms with Crippen LogP contribution in [0.4, 0.5) is 0 Å². The predicted octanol–water partition coefficient (Wildman–Crippen LogP) is 0.848. The zero-order chi connectivity index (χ0) is 9.97. The molecule has 14 heavy (non-hydrogen) atoms. The Morgan fingerprint density at radius 1 is 1.43 bits per heavy atom. The fraction of sp³-hybridized carbons (Fsp3) is 1.00. The van der Waals surface area contributed by atoms with Crippen LogP contribution < -0.4 is 5.32 Å². The van der Waals surface area contributed by atoms with Crippen molar-refractivity contribution in [1.82, 2.24) is 10.2 Å². The molecule has 2 saturated heterocycles. The number of nitrogens with one attached hydrogen (secondary N) is 1. The van der Waals surface area contributed by atoms with E-state index in [2.05, 4.69) is 24.1 Å². The van der Waals surface area contributed by atoms with Crippen LogP contribution in [0.2, 0.25) is 0 Å². The smallest absolute Gasteiger partial charge is 0.0622 e. The summed E-state index contributed by atoms with van der Waals surface area (Å²) in [4.78, 5) is 2.64. The van der Waals surface area contributed by atoms with Crippen LogP contribution >= 0.6 is 0 Å². The number of hydrogen-bond acceptors (Lipinski definition) is 3. The maximum atomic E-state index is 5.47. The second-order valence-electron chi connectivity index (χ2n) is 4.45. The molecule has 3 unspecified atom stereocenters. The molecule has 82 valence electrons. The fourth-order valence-corrected chi connectivity index (χ4v) is 2.85. The Kier molecular flexibility index (Phi) is 3.42. The van der Waals surface area contributed by atoms with Crippen LogP contribution in [-0.2, 0) is 4.74 Å². The lowest BCUT2D eigenvalue weighted by molar-refractivity contribution is 0.109. The van der Waals surface area contributed by atoms with Crippen molar-refractivity contribution in [3.8, 4) is 0 Å². The van der Waals surface area contributed by atoms with Gasteiger partial charge in [-0.15, -0.1) is 0 Å². The molecular formula is C11H22N2O. The molecule has 0 amide bonds. The standard InChI is InChI=1S/C11H22N2O/c1-3-13(10-5-7-14-8-10)11-4-6-12-9(11)2/h9-12H,3-8H2,1-2H3. The molecule has 0 radical (unpaired) electrons. The molecule has 0 aliphatic carbocycles. The zero-order valence-corrected chi connectivity index (χ0v) is 9.33. The van der Waals surface area contributed by atoms with E-state index in [0.717, 1.165) is 25.8 Å². The lowest BCUT2D eigenvalue weighted by Crippen LogP contribution is -2.48. The predicted molar refractivity (Wildman–Crippen MR) is 57.5 cm³/mol. The number of hydrogen-bond donors (Lipinski definition) is 1. The minimum Gasteiger partial charge on any atom is -0.380 e. The molecule has 0 aromatic heterocycles. The third-order valence-corrected chi connectivity index (χ3v) is 3.65. The fourth-order valence-electron chi connectivity index (χ4n) is 2.85. The van der Waals surface area contributed by atoms with E-state index < -0.39 is 0 Å². The van der Waals surface area contributed by atoms with E-state index in [1.807, 2.05) is 0 Å². The van der Waals surface area contributed by atoms with Crippen LogP contribution in [0, 0.1) is 0 Å². The Morgan fingerprint density at radius 2 is 2.29 bits per heavy atom. The topological polar surface area (TPSA) is 24.5 Å². The molecule has 0 saturated carbocycles. The van der Waals surface area contributed by atoms with Crippen molar-refractivity contribution in [3.05, 3.63) is 0 Å². The molecule has 3 nitrogen and oxygen atoms in total. The Labute approximate surface area is 86.8 Å². The monoisotopic (exact) mass is 198 g/mol. The number of rotatable bonds is 3. The van der Waals surface area contributed by atoms with E-state index in [1.165, 1.54) is 19.4 Å². The van der Waals surface area contributed by atoms with Gasteiger partial charge in [-0.1, -0.05) is 6.92 Å². The summed E-state index contributed by atoms with van der Waals surface area (Å²) in [6.45, 7) is 8.80. The first kappa shape index (κ1) is 10.4. The summed E-state index contributed by atoms with van der Waals surface area (Å²) in [6.07, 6.45) is 2.52. The van der Waals surface area contributed by atoms with Gasteiger partial charge in [-0.3, -0.25) is 4.90 Å². The molecule has 0 spiro atoms. The van der Waals surface area contributed by atoms with Crippen LogP contribution in [0.1, 0.15) is 26.7 Å². The van der Waals surface area contributed by atoms with Crippen molar-refractivity contribution in [3.63, 3.8) is 0 Å². The van der Waals surface area contributed by atoms with Crippen molar-refractivity contribution in [2.24, 2.45) is 0 Å². The van der Waals surface area contributed by atoms with Gasteiger partial charge in [0.15, 0.2) is 0 Å². The van der Waals surface area contributed by atoms with Crippen molar-refractivity contribution >= 4 is 0 Å². The Balaban J connectivity index is 1.96. The third kappa shape index (κ3) is 1.95. The highest BCUT2D eigenvalue weighted by atomic mass is 16.5. The van der Waals surface area contributed by atoms with Gasteiger partial charge >= 0.3 is 0 Å². The summed E-state index contributed by atoms with van der Waals surface area (Å²) in [5.74, 6) is 0. The molecule has 2 aliphatic rings. The largest absolute Gasteiger partial charge is 0.380 e. The highest BCUT2D eigenvalue weighted by Crippen LogP contribution is 2.21. The van der Waals surface area contributed by atoms with Crippen molar-refractivity contribution < 1.29 is 4.74 Å². The average Bonchev–Trinajstić information content (AvgIpc) is 2.80. The van der Waals surface area contributed by atoms with Crippen LogP contribution in [0.25, 0.3) is 0 Å². The van der Waals surface area contributed by atoms with Crippen molar-refractivity contribution in [2.75, 3.05) is 26.3 Å². The minimum atomic E-state index is 0.649. The SMILES string of the molecule is CCN(C1CCOC1)C1CCNC1C. The van der Waals surface area contributed by atoms with Gasteiger partial charge in [0.05, 0.1) is 6.61 Å². The molecule has 0 bridgehead atoms. The summed E-state index contributed by atoms with van der Waals surface area (Å²) in [5, 5.41) is 3.53. The van der Waals surface area contributed by atoms with Crippen LogP contribution in [-0.4, -0.2) is 49.3 Å². The zero-order valence-electron chi connectivity index (χ0n) is 9.33. The van der Waals surface area contributed by atoms with Crippen molar-refractivity contribution in [2.45, 2.75) is 44.8 Å². The molecule has 2 fully saturated rings. The second kappa shape index (κ2) is 4.60. The van der Waals surface area contributed by atoms with Gasteiger partial charge in [-0.25, -0.2) is 0 Å². The van der Waals surface area contributed by atoms with Gasteiger partial charge in [-0.2, -0.15) is 0 Å². The van der Waals surface area contributed by atoms with Crippen molar-refractivity contribution in [1.29, 1.82) is 0 Å². The Hall–Kier alpha value is -0.120. The summed E-state index contributed by atoms with van der Waals surface area (Å²) in [7, 11) is 0. The normalized spacial score (nSPS) is 38.4. The highest BCUT2D eigenvalue weighted by molar-refractivity contribution is 4.91. The number of nitrogens with zero attached hydrogens (tertiary/aromatic N) is 1. The highest BCUT2D eigenvalue weighted by Gasteiger charge is 2.33. The molecular weight excluding hydrogens is 176 g/mol. The molecule has 0 aromatic carbocycles. The number of ether oxygens (including phenoxy) is 1. The molecule has 2 rings (SSSR count). The lowest BCUT2D eigenvalue weighted by Gasteiger charge is -2.34. The molecule has 1 N–H and O–H groups in total. The second-order valence-corrected chi connectivity index (χ2v) is 4.45. The van der Waals surface area contributed by atoms with Crippen LogP contribution in [0.3, 0.4) is 0 Å². The van der Waals surface area contributed by atoms with E-state index in [-0.39, 0.29) is 0 Å². The molecule has 0 aromatic rings. The van der Waals surface area contributed by atoms with E-state index in [9.17, 15) is 0 Å². The van der Waals surface area contributed by atoms with Gasteiger partial charge in [0, 0.05) is 24.7 Å². The van der Waals surface area contributed by atoms with Gasteiger partial charge in [0.1, 0.15) is 0 Å². The molecule has 2 aliphatic heterocycles. The van der Waals surface area contributed by atoms with Gasteiger partial charge < -0.3 is 10.1 Å². The summed E-state index contributed by atoms with van der Waals surface area (Å²) >= 11 is 0. The third-order valence-electron chi connectivity index (χ3n) is 3.65. The van der Waals surface area contributed by atoms with Crippen LogP contribution in [0.15, 0.2) is 0 Å². The van der Waals surface area contributed by atoms with E-state index >= 15 is 0 Å². The summed E-state index contributed by atoms with van der Waals surface area (Å²) in [6, 6.07) is 2.05. The molecule has 3 atom stereocenters. The average molecular weight is 198 g/mol. The first-order chi connectivity index (χ1) is 6.83. The quantitative estimate of drug-likeness (QED) is 0.727. The maximum absolute atomic E-state index is 5.47. The Bertz CT molecular complexity index is 180. The molecule has 2 heterocycles. The van der Waals surface area contributed by atoms with Gasteiger partial charge in [0.2, 0.25) is 0 Å². The minimum absolute atomic E-state index is 0.649. The molecule has 3 heteroatoms.